The number of sulfonamides is 1. The zero-order valence-corrected chi connectivity index (χ0v) is 17.8. The minimum atomic E-state index is -4.15. The molecule has 0 spiro atoms. The number of amides is 2. The highest BCUT2D eigenvalue weighted by atomic mass is 32.2. The van der Waals surface area contributed by atoms with Gasteiger partial charge in [-0.2, -0.15) is 4.31 Å². The lowest BCUT2D eigenvalue weighted by atomic mass is 10.2. The van der Waals surface area contributed by atoms with Crippen molar-refractivity contribution in [3.8, 4) is 0 Å². The molecule has 0 unspecified atom stereocenters. The number of benzene rings is 2. The van der Waals surface area contributed by atoms with Gasteiger partial charge in [0.2, 0.25) is 15.9 Å². The number of halogens is 2. The highest BCUT2D eigenvalue weighted by Crippen LogP contribution is 2.22. The van der Waals surface area contributed by atoms with Gasteiger partial charge in [0.1, 0.15) is 16.5 Å². The Morgan fingerprint density at radius 3 is 2.45 bits per heavy atom. The summed E-state index contributed by atoms with van der Waals surface area (Å²) in [6.45, 7) is 0.539. The first-order chi connectivity index (χ1) is 14.8. The molecule has 2 N–H and O–H groups in total. The first-order valence-corrected chi connectivity index (χ1v) is 11.6. The van der Waals surface area contributed by atoms with Gasteiger partial charge >= 0.3 is 0 Å². The van der Waals surface area contributed by atoms with Crippen molar-refractivity contribution in [1.29, 1.82) is 0 Å². The van der Waals surface area contributed by atoms with Crippen LogP contribution in [-0.4, -0.2) is 56.6 Å². The smallest absolute Gasteiger partial charge is 0.269 e. The van der Waals surface area contributed by atoms with Crippen LogP contribution in [0.15, 0.2) is 52.3 Å². The number of hydrogen-bond donors (Lipinski definition) is 2. The molecule has 0 radical (unpaired) electrons. The van der Waals surface area contributed by atoms with Crippen LogP contribution in [-0.2, 0) is 19.6 Å². The topological polar surface area (TPSA) is 105 Å². The summed E-state index contributed by atoms with van der Waals surface area (Å²) in [5, 5.41) is 0. The summed E-state index contributed by atoms with van der Waals surface area (Å²) in [5.41, 5.74) is 4.13. The molecule has 2 amide bonds. The van der Waals surface area contributed by atoms with Gasteiger partial charge in [-0.1, -0.05) is 12.1 Å². The van der Waals surface area contributed by atoms with Crippen molar-refractivity contribution in [2.45, 2.75) is 9.79 Å². The van der Waals surface area contributed by atoms with Gasteiger partial charge in [0.05, 0.1) is 19.0 Å². The second-order valence-electron chi connectivity index (χ2n) is 6.38. The number of carbonyl (C=O) groups is 2. The van der Waals surface area contributed by atoms with Crippen LogP contribution in [0.2, 0.25) is 0 Å². The highest BCUT2D eigenvalue weighted by molar-refractivity contribution is 8.00. The SMILES string of the molecule is O=C(CSc1ccccc1F)NNC(=O)c1ccc(F)c(S(=O)(=O)N2CCOCC2)c1. The van der Waals surface area contributed by atoms with Crippen molar-refractivity contribution in [2.75, 3.05) is 32.1 Å². The first-order valence-electron chi connectivity index (χ1n) is 9.13. The van der Waals surface area contributed by atoms with Gasteiger partial charge in [0.25, 0.3) is 5.91 Å². The molecule has 31 heavy (non-hydrogen) atoms. The molecule has 3 rings (SSSR count). The Bertz CT molecular complexity index is 1080. The van der Waals surface area contributed by atoms with E-state index in [9.17, 15) is 26.8 Å². The van der Waals surface area contributed by atoms with E-state index in [4.69, 9.17) is 4.74 Å². The van der Waals surface area contributed by atoms with Crippen LogP contribution in [0.3, 0.4) is 0 Å². The van der Waals surface area contributed by atoms with E-state index >= 15 is 0 Å². The molecule has 0 atom stereocenters. The number of hydrogen-bond acceptors (Lipinski definition) is 6. The predicted octanol–water partition coefficient (Wildman–Crippen LogP) is 1.54. The number of nitrogens with zero attached hydrogens (tertiary/aromatic N) is 1. The maximum atomic E-state index is 14.2. The Morgan fingerprint density at radius 2 is 1.74 bits per heavy atom. The molecule has 0 saturated carbocycles. The minimum absolute atomic E-state index is 0.0773. The van der Waals surface area contributed by atoms with Crippen LogP contribution in [0, 0.1) is 11.6 Å². The molecule has 8 nitrogen and oxygen atoms in total. The van der Waals surface area contributed by atoms with Gasteiger partial charge < -0.3 is 4.74 Å². The van der Waals surface area contributed by atoms with Crippen molar-refractivity contribution in [2.24, 2.45) is 0 Å². The number of carbonyl (C=O) groups excluding carboxylic acids is 2. The van der Waals surface area contributed by atoms with E-state index < -0.39 is 38.4 Å². The van der Waals surface area contributed by atoms with E-state index in [-0.39, 0.29) is 42.5 Å². The highest BCUT2D eigenvalue weighted by Gasteiger charge is 2.29. The van der Waals surface area contributed by atoms with Crippen molar-refractivity contribution >= 4 is 33.6 Å². The van der Waals surface area contributed by atoms with Gasteiger partial charge in [0, 0.05) is 23.5 Å². The first kappa shape index (κ1) is 23.1. The summed E-state index contributed by atoms with van der Waals surface area (Å²) in [6.07, 6.45) is 0. The molecule has 2 aromatic carbocycles. The van der Waals surface area contributed by atoms with E-state index in [1.54, 1.807) is 6.07 Å². The normalized spacial score (nSPS) is 14.8. The monoisotopic (exact) mass is 471 g/mol. The third-order valence-electron chi connectivity index (χ3n) is 4.29. The zero-order valence-electron chi connectivity index (χ0n) is 16.1. The molecular weight excluding hydrogens is 452 g/mol. The van der Waals surface area contributed by atoms with Crippen LogP contribution in [0.1, 0.15) is 10.4 Å². The standard InChI is InChI=1S/C19H19F2N3O5S2/c20-14-3-1-2-4-16(14)30-12-18(25)22-23-19(26)13-5-6-15(21)17(11-13)31(27,28)24-7-9-29-10-8-24/h1-6,11H,7-10,12H2,(H,22,25)(H,23,26). The second-order valence-corrected chi connectivity index (χ2v) is 9.31. The number of hydrazine groups is 1. The van der Waals surface area contributed by atoms with Gasteiger partial charge in [-0.3, -0.25) is 20.4 Å². The van der Waals surface area contributed by atoms with Gasteiger partial charge in [-0.05, 0) is 30.3 Å². The maximum Gasteiger partial charge on any atom is 0.269 e. The third-order valence-corrected chi connectivity index (χ3v) is 7.25. The van der Waals surface area contributed by atoms with Crippen LogP contribution in [0.25, 0.3) is 0 Å². The van der Waals surface area contributed by atoms with Crippen LogP contribution < -0.4 is 10.9 Å². The number of thioether (sulfide) groups is 1. The molecule has 1 aliphatic heterocycles. The third kappa shape index (κ3) is 5.79. The van der Waals surface area contributed by atoms with Crippen LogP contribution in [0.4, 0.5) is 8.78 Å². The summed E-state index contributed by atoms with van der Waals surface area (Å²) in [4.78, 5) is 23.9. The van der Waals surface area contributed by atoms with E-state index in [0.29, 0.717) is 0 Å². The average molecular weight is 472 g/mol. The summed E-state index contributed by atoms with van der Waals surface area (Å²) in [5.74, 6) is -3.06. The van der Waals surface area contributed by atoms with E-state index in [2.05, 4.69) is 10.9 Å². The molecular formula is C19H19F2N3O5S2. The van der Waals surface area contributed by atoms with Gasteiger partial charge in [-0.25, -0.2) is 17.2 Å². The summed E-state index contributed by atoms with van der Waals surface area (Å²) < 4.78 is 59.4. The molecule has 1 saturated heterocycles. The minimum Gasteiger partial charge on any atom is -0.379 e. The zero-order chi connectivity index (χ0) is 22.4. The van der Waals surface area contributed by atoms with Gasteiger partial charge in [-0.15, -0.1) is 11.8 Å². The fraction of sp³-hybridized carbons (Fsp3) is 0.263. The lowest BCUT2D eigenvalue weighted by Gasteiger charge is -2.26. The lowest BCUT2D eigenvalue weighted by Crippen LogP contribution is -2.43. The number of ether oxygens (including phenoxy) is 1. The second kappa shape index (κ2) is 10.2. The average Bonchev–Trinajstić information content (AvgIpc) is 2.77. The largest absolute Gasteiger partial charge is 0.379 e. The van der Waals surface area contributed by atoms with Crippen molar-refractivity contribution < 1.29 is 31.5 Å². The number of morpholine rings is 1. The van der Waals surface area contributed by atoms with Crippen LogP contribution in [0.5, 0.6) is 0 Å². The Balaban J connectivity index is 1.62. The molecule has 12 heteroatoms. The van der Waals surface area contributed by atoms with E-state index in [1.165, 1.54) is 18.2 Å². The molecule has 2 aromatic rings. The Morgan fingerprint density at radius 1 is 1.03 bits per heavy atom. The Kier molecular flexibility index (Phi) is 7.59. The van der Waals surface area contributed by atoms with Crippen molar-refractivity contribution in [3.63, 3.8) is 0 Å². The molecule has 1 fully saturated rings. The van der Waals surface area contributed by atoms with E-state index in [1.807, 2.05) is 0 Å². The molecule has 166 valence electrons. The Hall–Kier alpha value is -2.54. The molecule has 0 aliphatic carbocycles. The molecule has 1 aliphatic rings. The number of rotatable bonds is 6. The fourth-order valence-corrected chi connectivity index (χ4v) is 4.95. The summed E-state index contributed by atoms with van der Waals surface area (Å²) in [6, 6.07) is 8.81. The molecule has 1 heterocycles. The fourth-order valence-electron chi connectivity index (χ4n) is 2.71. The number of nitrogens with one attached hydrogen (secondary N) is 2. The Labute approximate surface area is 182 Å². The summed E-state index contributed by atoms with van der Waals surface area (Å²) >= 11 is 0.943. The molecule has 0 bridgehead atoms. The van der Waals surface area contributed by atoms with Gasteiger partial charge in [0.15, 0.2) is 0 Å². The predicted molar refractivity (Wildman–Crippen MR) is 109 cm³/mol. The van der Waals surface area contributed by atoms with Crippen molar-refractivity contribution in [3.05, 3.63) is 59.7 Å². The quantitative estimate of drug-likeness (QED) is 0.489. The summed E-state index contributed by atoms with van der Waals surface area (Å²) in [7, 11) is -4.15. The van der Waals surface area contributed by atoms with Crippen molar-refractivity contribution in [1.82, 2.24) is 15.2 Å². The lowest BCUT2D eigenvalue weighted by molar-refractivity contribution is -0.119. The van der Waals surface area contributed by atoms with E-state index in [0.717, 1.165) is 34.3 Å². The molecule has 0 aromatic heterocycles. The maximum absolute atomic E-state index is 14.2. The van der Waals surface area contributed by atoms with Crippen LogP contribution >= 0.6 is 11.8 Å².